The Bertz CT molecular complexity index is 105. The Morgan fingerprint density at radius 1 is 1.36 bits per heavy atom. The van der Waals surface area contributed by atoms with Crippen molar-refractivity contribution in [3.63, 3.8) is 0 Å². The van der Waals surface area contributed by atoms with Crippen LogP contribution in [0.1, 0.15) is 12.8 Å². The van der Waals surface area contributed by atoms with Gasteiger partial charge in [0.05, 0.1) is 0 Å². The molecule has 0 aliphatic carbocycles. The summed E-state index contributed by atoms with van der Waals surface area (Å²) >= 11 is 0. The van der Waals surface area contributed by atoms with Gasteiger partial charge >= 0.3 is 9.28 Å². The number of allylic oxidation sites excluding steroid dienone is 1. The van der Waals surface area contributed by atoms with E-state index in [0.717, 1.165) is 19.4 Å². The molecule has 0 rings (SSSR count). The van der Waals surface area contributed by atoms with Crippen LogP contribution in [0.25, 0.3) is 0 Å². The van der Waals surface area contributed by atoms with Gasteiger partial charge < -0.3 is 14.6 Å². The average Bonchev–Trinajstić information content (AvgIpc) is 2.05. The maximum atomic E-state index is 5.32. The zero-order valence-electron chi connectivity index (χ0n) is 7.17. The van der Waals surface area contributed by atoms with Crippen molar-refractivity contribution >= 4 is 9.28 Å². The van der Waals surface area contributed by atoms with Gasteiger partial charge in [-0.1, -0.05) is 6.08 Å². The topological polar surface area (TPSA) is 44.5 Å². The first-order valence-corrected chi connectivity index (χ1v) is 5.06. The molecule has 0 amide bonds. The molecule has 0 atom stereocenters. The van der Waals surface area contributed by atoms with Crippen LogP contribution < -0.4 is 5.73 Å². The van der Waals surface area contributed by atoms with Gasteiger partial charge in [0.1, 0.15) is 0 Å². The van der Waals surface area contributed by atoms with Gasteiger partial charge in [-0.05, 0) is 25.1 Å². The van der Waals surface area contributed by atoms with Gasteiger partial charge in [-0.2, -0.15) is 0 Å². The molecule has 0 aromatic carbocycles. The van der Waals surface area contributed by atoms with E-state index in [1.54, 1.807) is 14.2 Å². The molecule has 0 spiro atoms. The third kappa shape index (κ3) is 6.24. The molecule has 4 heteroatoms. The highest BCUT2D eigenvalue weighted by molar-refractivity contribution is 6.50. The van der Waals surface area contributed by atoms with Gasteiger partial charge in [0.2, 0.25) is 0 Å². The summed E-state index contributed by atoms with van der Waals surface area (Å²) in [5, 5.41) is 0. The van der Waals surface area contributed by atoms with Crippen molar-refractivity contribution in [1.82, 2.24) is 0 Å². The monoisotopic (exact) mass is 174 g/mol. The van der Waals surface area contributed by atoms with Gasteiger partial charge in [0.25, 0.3) is 0 Å². The number of nitrogens with two attached hydrogens (primary N) is 1. The maximum absolute atomic E-state index is 5.32. The van der Waals surface area contributed by atoms with E-state index in [9.17, 15) is 0 Å². The number of hydrogen-bond donors (Lipinski definition) is 1. The molecule has 0 aliphatic rings. The first kappa shape index (κ1) is 10.8. The fourth-order valence-electron chi connectivity index (χ4n) is 0.635. The van der Waals surface area contributed by atoms with Gasteiger partial charge in [0.15, 0.2) is 0 Å². The first-order chi connectivity index (χ1) is 5.35. The highest BCUT2D eigenvalue weighted by atomic mass is 28.3. The summed E-state index contributed by atoms with van der Waals surface area (Å²) in [5.41, 5.74) is 7.31. The second kappa shape index (κ2) is 7.94. The van der Waals surface area contributed by atoms with Crippen LogP contribution in [0.4, 0.5) is 0 Å². The van der Waals surface area contributed by atoms with Gasteiger partial charge in [0, 0.05) is 14.2 Å². The molecule has 11 heavy (non-hydrogen) atoms. The minimum atomic E-state index is -1.13. The largest absolute Gasteiger partial charge is 0.414 e. The van der Waals surface area contributed by atoms with E-state index >= 15 is 0 Å². The van der Waals surface area contributed by atoms with Crippen molar-refractivity contribution in [3.05, 3.63) is 11.8 Å². The van der Waals surface area contributed by atoms with E-state index in [1.165, 1.54) is 0 Å². The molecule has 3 nitrogen and oxygen atoms in total. The van der Waals surface area contributed by atoms with E-state index in [-0.39, 0.29) is 0 Å². The van der Waals surface area contributed by atoms with Gasteiger partial charge in [-0.3, -0.25) is 0 Å². The smallest absolute Gasteiger partial charge is 0.394 e. The van der Waals surface area contributed by atoms with Crippen LogP contribution in [0.15, 0.2) is 11.8 Å². The molecule has 0 bridgehead atoms. The summed E-state index contributed by atoms with van der Waals surface area (Å²) in [6, 6.07) is 0. The SMILES string of the molecule is CO[Si](C=CCCCN)OC. The van der Waals surface area contributed by atoms with Crippen LogP contribution >= 0.6 is 0 Å². The Morgan fingerprint density at radius 3 is 2.45 bits per heavy atom. The first-order valence-electron chi connectivity index (χ1n) is 3.66. The zero-order valence-corrected chi connectivity index (χ0v) is 8.17. The van der Waals surface area contributed by atoms with Crippen molar-refractivity contribution in [2.45, 2.75) is 12.8 Å². The molecule has 0 aromatic heterocycles. The minimum Gasteiger partial charge on any atom is -0.394 e. The Kier molecular flexibility index (Phi) is 7.82. The van der Waals surface area contributed by atoms with Gasteiger partial charge in [-0.25, -0.2) is 0 Å². The lowest BCUT2D eigenvalue weighted by atomic mass is 10.3. The number of hydrogen-bond acceptors (Lipinski definition) is 3. The van der Waals surface area contributed by atoms with Crippen LogP contribution in [0.2, 0.25) is 0 Å². The predicted molar refractivity (Wildman–Crippen MR) is 47.2 cm³/mol. The Morgan fingerprint density at radius 2 is 2.00 bits per heavy atom. The molecule has 0 heterocycles. The highest BCUT2D eigenvalue weighted by Gasteiger charge is 2.04. The summed E-state index contributed by atoms with van der Waals surface area (Å²) in [6.45, 7) is 0.742. The third-order valence-corrected chi connectivity index (χ3v) is 2.54. The lowest BCUT2D eigenvalue weighted by Gasteiger charge is -2.01. The average molecular weight is 174 g/mol. The van der Waals surface area contributed by atoms with Crippen molar-refractivity contribution in [1.29, 1.82) is 0 Å². The van der Waals surface area contributed by atoms with Crippen LogP contribution in [-0.2, 0) is 8.85 Å². The van der Waals surface area contributed by atoms with Crippen LogP contribution in [0.5, 0.6) is 0 Å². The molecule has 0 unspecified atom stereocenters. The van der Waals surface area contributed by atoms with E-state index in [4.69, 9.17) is 14.6 Å². The van der Waals surface area contributed by atoms with Crippen molar-refractivity contribution in [3.8, 4) is 0 Å². The van der Waals surface area contributed by atoms with E-state index < -0.39 is 9.28 Å². The van der Waals surface area contributed by atoms with Crippen molar-refractivity contribution < 1.29 is 8.85 Å². The van der Waals surface area contributed by atoms with Crippen LogP contribution in [0, 0.1) is 0 Å². The summed E-state index contributed by atoms with van der Waals surface area (Å²) < 4.78 is 10.1. The molecule has 65 valence electrons. The highest BCUT2D eigenvalue weighted by Crippen LogP contribution is 1.92. The second-order valence-corrected chi connectivity index (χ2v) is 3.85. The fraction of sp³-hybridized carbons (Fsp3) is 0.714. The molecule has 0 saturated heterocycles. The Balaban J connectivity index is 3.36. The molecular weight excluding hydrogens is 158 g/mol. The van der Waals surface area contributed by atoms with Crippen molar-refractivity contribution in [2.24, 2.45) is 5.73 Å². The van der Waals surface area contributed by atoms with E-state index in [0.29, 0.717) is 0 Å². The minimum absolute atomic E-state index is 0.742. The second-order valence-electron chi connectivity index (χ2n) is 2.06. The predicted octanol–water partition coefficient (Wildman–Crippen LogP) is 0.602. The maximum Gasteiger partial charge on any atom is 0.414 e. The van der Waals surface area contributed by atoms with Crippen LogP contribution in [0.3, 0.4) is 0 Å². The molecule has 2 N–H and O–H groups in total. The third-order valence-electron chi connectivity index (χ3n) is 1.23. The summed E-state index contributed by atoms with van der Waals surface area (Å²) in [4.78, 5) is 0. The Labute approximate surface area is 70.0 Å². The quantitative estimate of drug-likeness (QED) is 0.474. The molecule has 0 fully saturated rings. The normalized spacial score (nSPS) is 11.6. The summed E-state index contributed by atoms with van der Waals surface area (Å²) in [7, 11) is 2.19. The van der Waals surface area contributed by atoms with Crippen LogP contribution in [-0.4, -0.2) is 30.0 Å². The molecular formula is C7H16NO2Si. The van der Waals surface area contributed by atoms with Crippen molar-refractivity contribution in [2.75, 3.05) is 20.8 Å². The molecule has 1 radical (unpaired) electrons. The lowest BCUT2D eigenvalue weighted by Crippen LogP contribution is -2.15. The molecule has 0 aliphatic heterocycles. The molecule has 0 aromatic rings. The fourth-order valence-corrected chi connectivity index (χ4v) is 1.43. The van der Waals surface area contributed by atoms with E-state index in [2.05, 4.69) is 6.08 Å². The Hall–Kier alpha value is -0.163. The standard InChI is InChI=1S/C7H16NO2Si/c1-9-11(10-2)7-5-3-4-6-8/h5,7H,3-4,6,8H2,1-2H3. The number of unbranched alkanes of at least 4 members (excludes halogenated alkanes) is 1. The number of rotatable bonds is 6. The lowest BCUT2D eigenvalue weighted by molar-refractivity contribution is 0.290. The summed E-state index contributed by atoms with van der Waals surface area (Å²) in [5.74, 6) is 0. The summed E-state index contributed by atoms with van der Waals surface area (Å²) in [6.07, 6.45) is 4.10. The van der Waals surface area contributed by atoms with E-state index in [1.807, 2.05) is 5.70 Å². The van der Waals surface area contributed by atoms with Gasteiger partial charge in [-0.15, -0.1) is 0 Å². The zero-order chi connectivity index (χ0) is 8.53. The molecule has 0 saturated carbocycles.